The molecule has 6 heteroatoms. The van der Waals surface area contributed by atoms with Gasteiger partial charge in [-0.2, -0.15) is 0 Å². The molecule has 0 radical (unpaired) electrons. The molecule has 3 heterocycles. The number of likely N-dealkylation sites (N-methyl/N-ethyl adjacent to an activating group) is 1. The van der Waals surface area contributed by atoms with Gasteiger partial charge in [-0.15, -0.1) is 0 Å². The van der Waals surface area contributed by atoms with Crippen molar-refractivity contribution >= 4 is 5.91 Å². The average Bonchev–Trinajstić information content (AvgIpc) is 3.38. The number of nitrogens with one attached hydrogen (secondary N) is 2. The van der Waals surface area contributed by atoms with Gasteiger partial charge < -0.3 is 15.4 Å². The highest BCUT2D eigenvalue weighted by molar-refractivity contribution is 5.77. The van der Waals surface area contributed by atoms with Crippen LogP contribution in [-0.4, -0.2) is 54.7 Å². The van der Waals surface area contributed by atoms with Crippen LogP contribution < -0.4 is 10.6 Å². The summed E-state index contributed by atoms with van der Waals surface area (Å²) in [6.45, 7) is 3.27. The standard InChI is InChI=1S/C31H42N4O2/c1-32-28(36)21-35-19-12-23-7-6-8-24-25(10-11-26(35)29(23)24)33-18-15-30(27-9-2-5-17-34-27)16-20-37-31(22-30)13-3-4-14-31/h2,5-9,17,25-26,33H,3-4,10-16,18-22H2,1H3,(H,32,36)/t25?,26?,30-/m1/s1. The van der Waals surface area contributed by atoms with Gasteiger partial charge in [0.1, 0.15) is 0 Å². The van der Waals surface area contributed by atoms with Gasteiger partial charge in [0.05, 0.1) is 12.1 Å². The highest BCUT2D eigenvalue weighted by atomic mass is 16.5. The van der Waals surface area contributed by atoms with Gasteiger partial charge in [0, 0.05) is 49.6 Å². The molecule has 3 atom stereocenters. The van der Waals surface area contributed by atoms with Crippen molar-refractivity contribution in [1.29, 1.82) is 0 Å². The first kappa shape index (κ1) is 25.0. The van der Waals surface area contributed by atoms with Gasteiger partial charge in [-0.1, -0.05) is 37.1 Å². The number of amides is 1. The maximum absolute atomic E-state index is 12.2. The van der Waals surface area contributed by atoms with Crippen LogP contribution >= 0.6 is 0 Å². The summed E-state index contributed by atoms with van der Waals surface area (Å²) in [6.07, 6.45) is 13.4. The van der Waals surface area contributed by atoms with Crippen LogP contribution in [0, 0.1) is 0 Å². The van der Waals surface area contributed by atoms with Crippen LogP contribution in [0.25, 0.3) is 0 Å². The molecule has 1 aromatic carbocycles. The molecule has 1 saturated heterocycles. The fraction of sp³-hybridized carbons (Fsp3) is 0.613. The molecule has 1 saturated carbocycles. The Hall–Kier alpha value is -2.28. The lowest BCUT2D eigenvalue weighted by molar-refractivity contribution is -0.122. The summed E-state index contributed by atoms with van der Waals surface area (Å²) >= 11 is 0. The summed E-state index contributed by atoms with van der Waals surface area (Å²) in [5.41, 5.74) is 5.78. The number of nitrogens with zero attached hydrogens (tertiary/aromatic N) is 2. The van der Waals surface area contributed by atoms with Crippen molar-refractivity contribution in [3.8, 4) is 0 Å². The van der Waals surface area contributed by atoms with Crippen LogP contribution in [0.3, 0.4) is 0 Å². The summed E-state index contributed by atoms with van der Waals surface area (Å²) in [5.74, 6) is 0.109. The molecule has 0 bridgehead atoms. The Balaban J connectivity index is 1.20. The van der Waals surface area contributed by atoms with E-state index in [4.69, 9.17) is 9.72 Å². The van der Waals surface area contributed by atoms with E-state index in [9.17, 15) is 4.79 Å². The third-order valence-electron chi connectivity index (χ3n) is 9.77. The number of hydrogen-bond acceptors (Lipinski definition) is 5. The lowest BCUT2D eigenvalue weighted by Crippen LogP contribution is -2.48. The van der Waals surface area contributed by atoms with Crippen LogP contribution in [0.1, 0.15) is 92.3 Å². The minimum Gasteiger partial charge on any atom is -0.375 e. The molecule has 2 unspecified atom stereocenters. The average molecular weight is 503 g/mol. The number of hydrogen-bond donors (Lipinski definition) is 2. The van der Waals surface area contributed by atoms with E-state index in [1.54, 1.807) is 7.05 Å². The molecule has 1 spiro atoms. The third-order valence-corrected chi connectivity index (χ3v) is 9.77. The Morgan fingerprint density at radius 1 is 1.14 bits per heavy atom. The molecule has 6 rings (SSSR count). The SMILES string of the molecule is CNC(=O)CN1CCc2cccc3c2C1CCC3NCC[C@@]1(c2ccccn2)CCOC2(CCCC2)C1. The summed E-state index contributed by atoms with van der Waals surface area (Å²) < 4.78 is 6.45. The number of ether oxygens (including phenoxy) is 1. The fourth-order valence-electron chi connectivity index (χ4n) is 7.92. The summed E-state index contributed by atoms with van der Waals surface area (Å²) in [5, 5.41) is 6.80. The van der Waals surface area contributed by atoms with E-state index in [0.717, 1.165) is 58.2 Å². The molecule has 37 heavy (non-hydrogen) atoms. The quantitative estimate of drug-likeness (QED) is 0.579. The Morgan fingerprint density at radius 3 is 2.84 bits per heavy atom. The van der Waals surface area contributed by atoms with E-state index in [0.29, 0.717) is 18.6 Å². The smallest absolute Gasteiger partial charge is 0.233 e. The molecule has 2 aliphatic heterocycles. The van der Waals surface area contributed by atoms with Crippen LogP contribution in [0.5, 0.6) is 0 Å². The second-order valence-corrected chi connectivity index (χ2v) is 11.8. The molecule has 2 aliphatic carbocycles. The molecular weight excluding hydrogens is 460 g/mol. The van der Waals surface area contributed by atoms with Gasteiger partial charge in [-0.25, -0.2) is 0 Å². The molecule has 198 valence electrons. The van der Waals surface area contributed by atoms with E-state index in [-0.39, 0.29) is 16.9 Å². The maximum Gasteiger partial charge on any atom is 0.233 e. The van der Waals surface area contributed by atoms with Gasteiger partial charge in [0.25, 0.3) is 0 Å². The number of pyridine rings is 1. The zero-order valence-electron chi connectivity index (χ0n) is 22.3. The lowest BCUT2D eigenvalue weighted by Gasteiger charge is -2.47. The van der Waals surface area contributed by atoms with Crippen LogP contribution in [0.2, 0.25) is 0 Å². The first-order chi connectivity index (χ1) is 18.1. The number of carbonyl (C=O) groups is 1. The van der Waals surface area contributed by atoms with E-state index in [1.807, 2.05) is 12.3 Å². The minimum atomic E-state index is 0.0561. The molecule has 1 aromatic heterocycles. The van der Waals surface area contributed by atoms with Gasteiger partial charge in [0.15, 0.2) is 0 Å². The number of benzene rings is 1. The number of aromatic nitrogens is 1. The molecule has 2 fully saturated rings. The predicted octanol–water partition coefficient (Wildman–Crippen LogP) is 4.60. The second-order valence-electron chi connectivity index (χ2n) is 11.8. The number of carbonyl (C=O) groups excluding carboxylic acids is 1. The highest BCUT2D eigenvalue weighted by Crippen LogP contribution is 2.50. The van der Waals surface area contributed by atoms with Crippen molar-refractivity contribution in [3.05, 3.63) is 65.0 Å². The minimum absolute atomic E-state index is 0.0561. The topological polar surface area (TPSA) is 66.5 Å². The summed E-state index contributed by atoms with van der Waals surface area (Å²) in [7, 11) is 1.73. The largest absolute Gasteiger partial charge is 0.375 e. The predicted molar refractivity (Wildman–Crippen MR) is 145 cm³/mol. The second kappa shape index (κ2) is 10.5. The first-order valence-electron chi connectivity index (χ1n) is 14.5. The van der Waals surface area contributed by atoms with Gasteiger partial charge >= 0.3 is 0 Å². The van der Waals surface area contributed by atoms with Crippen molar-refractivity contribution in [2.75, 3.05) is 33.3 Å². The molecule has 2 N–H and O–H groups in total. The molecule has 1 amide bonds. The van der Waals surface area contributed by atoms with Crippen molar-refractivity contribution < 1.29 is 9.53 Å². The van der Waals surface area contributed by atoms with Crippen molar-refractivity contribution in [3.63, 3.8) is 0 Å². The zero-order chi connectivity index (χ0) is 25.3. The van der Waals surface area contributed by atoms with Gasteiger partial charge in [-0.05, 0) is 86.7 Å². The Bertz CT molecular complexity index is 1100. The van der Waals surface area contributed by atoms with Crippen LogP contribution in [-0.2, 0) is 21.4 Å². The normalized spacial score (nSPS) is 28.7. The highest BCUT2D eigenvalue weighted by Gasteiger charge is 2.48. The van der Waals surface area contributed by atoms with Crippen molar-refractivity contribution in [2.24, 2.45) is 0 Å². The maximum atomic E-state index is 12.2. The van der Waals surface area contributed by atoms with E-state index in [2.05, 4.69) is 45.9 Å². The summed E-state index contributed by atoms with van der Waals surface area (Å²) in [6, 6.07) is 14.0. The molecule has 2 aromatic rings. The molecule has 6 nitrogen and oxygen atoms in total. The molecular formula is C31H42N4O2. The van der Waals surface area contributed by atoms with Gasteiger partial charge in [0.2, 0.25) is 5.91 Å². The summed E-state index contributed by atoms with van der Waals surface area (Å²) in [4.78, 5) is 19.5. The third kappa shape index (κ3) is 4.84. The zero-order valence-corrected chi connectivity index (χ0v) is 22.3. The van der Waals surface area contributed by atoms with Crippen LogP contribution in [0.4, 0.5) is 0 Å². The van der Waals surface area contributed by atoms with E-state index < -0.39 is 0 Å². The molecule has 4 aliphatic rings. The Labute approximate surface area is 221 Å². The van der Waals surface area contributed by atoms with E-state index >= 15 is 0 Å². The number of rotatable bonds is 7. The Morgan fingerprint density at radius 2 is 2.03 bits per heavy atom. The monoisotopic (exact) mass is 502 g/mol. The van der Waals surface area contributed by atoms with Crippen LogP contribution in [0.15, 0.2) is 42.6 Å². The van der Waals surface area contributed by atoms with Crippen molar-refractivity contribution in [2.45, 2.75) is 87.3 Å². The van der Waals surface area contributed by atoms with E-state index in [1.165, 1.54) is 48.1 Å². The first-order valence-corrected chi connectivity index (χ1v) is 14.5. The Kier molecular flexibility index (Phi) is 7.08. The lowest BCUT2D eigenvalue weighted by atomic mass is 9.68. The fourth-order valence-corrected chi connectivity index (χ4v) is 7.92. The van der Waals surface area contributed by atoms with Gasteiger partial charge in [-0.3, -0.25) is 14.7 Å². The van der Waals surface area contributed by atoms with Crippen molar-refractivity contribution in [1.82, 2.24) is 20.5 Å².